The van der Waals surface area contributed by atoms with Crippen LogP contribution in [0.1, 0.15) is 24.1 Å². The van der Waals surface area contributed by atoms with E-state index in [1.54, 1.807) is 53.7 Å². The lowest BCUT2D eigenvalue weighted by Gasteiger charge is -2.30. The number of benzene rings is 1. The second kappa shape index (κ2) is 9.44. The van der Waals surface area contributed by atoms with Crippen LogP contribution in [-0.4, -0.2) is 27.5 Å². The molecule has 1 aromatic carbocycles. The zero-order valence-corrected chi connectivity index (χ0v) is 18.3. The third-order valence-corrected chi connectivity index (χ3v) is 5.41. The molecule has 1 amide bonds. The number of hydrogen-bond donors (Lipinski definition) is 0. The van der Waals surface area contributed by atoms with E-state index in [4.69, 9.17) is 22.2 Å². The Balaban J connectivity index is 1.63. The average Bonchev–Trinajstić information content (AvgIpc) is 2.97. The van der Waals surface area contributed by atoms with Gasteiger partial charge in [-0.15, -0.1) is 0 Å². The van der Waals surface area contributed by atoms with Crippen molar-refractivity contribution in [3.63, 3.8) is 0 Å². The van der Waals surface area contributed by atoms with Gasteiger partial charge >= 0.3 is 6.18 Å². The second-order valence-corrected chi connectivity index (χ2v) is 7.62. The minimum Gasteiger partial charge on any atom is -0.456 e. The summed E-state index contributed by atoms with van der Waals surface area (Å²) < 4.78 is 46.0. The van der Waals surface area contributed by atoms with Crippen LogP contribution in [-0.2, 0) is 11.0 Å². The molecule has 7 nitrogen and oxygen atoms in total. The van der Waals surface area contributed by atoms with Gasteiger partial charge in [-0.25, -0.2) is 4.98 Å². The van der Waals surface area contributed by atoms with Crippen LogP contribution in [0, 0.1) is 11.3 Å². The first-order valence-electron chi connectivity index (χ1n) is 10.1. The molecule has 0 spiro atoms. The van der Waals surface area contributed by atoms with Gasteiger partial charge in [-0.2, -0.15) is 18.4 Å². The molecule has 0 bridgehead atoms. The Labute approximate surface area is 198 Å². The molecule has 1 aliphatic rings. The summed E-state index contributed by atoms with van der Waals surface area (Å²) in [5, 5.41) is 9.01. The Bertz CT molecular complexity index is 1260. The zero-order chi connectivity index (χ0) is 24.3. The molecule has 3 heterocycles. The third-order valence-electron chi connectivity index (χ3n) is 5.01. The number of alkyl halides is 3. The van der Waals surface area contributed by atoms with Crippen LogP contribution in [0.5, 0.6) is 11.5 Å². The van der Waals surface area contributed by atoms with E-state index < -0.39 is 23.3 Å². The summed E-state index contributed by atoms with van der Waals surface area (Å²) in [6, 6.07) is 12.6. The van der Waals surface area contributed by atoms with Crippen molar-refractivity contribution in [2.45, 2.75) is 19.0 Å². The Hall–Kier alpha value is -4.04. The first kappa shape index (κ1) is 23.1. The van der Waals surface area contributed by atoms with Crippen molar-refractivity contribution < 1.29 is 22.7 Å². The summed E-state index contributed by atoms with van der Waals surface area (Å²) in [5.41, 5.74) is -1.51. The van der Waals surface area contributed by atoms with Gasteiger partial charge < -0.3 is 9.64 Å². The molecular weight excluding hydrogens is 467 g/mol. The Kier molecular flexibility index (Phi) is 6.43. The molecule has 172 valence electrons. The van der Waals surface area contributed by atoms with Crippen LogP contribution in [0.25, 0.3) is 0 Å². The maximum Gasteiger partial charge on any atom is 0.419 e. The van der Waals surface area contributed by atoms with E-state index in [9.17, 15) is 18.0 Å². The first-order chi connectivity index (χ1) is 16.3. The van der Waals surface area contributed by atoms with Gasteiger partial charge in [0.1, 0.15) is 17.6 Å². The van der Waals surface area contributed by atoms with E-state index >= 15 is 0 Å². The number of rotatable bonds is 4. The van der Waals surface area contributed by atoms with Gasteiger partial charge in [-0.05, 0) is 61.1 Å². The highest BCUT2D eigenvalue weighted by atomic mass is 32.1. The summed E-state index contributed by atoms with van der Waals surface area (Å²) in [5.74, 6) is 0.659. The summed E-state index contributed by atoms with van der Waals surface area (Å²) in [6.07, 6.45) is -0.0351. The lowest BCUT2D eigenvalue weighted by molar-refractivity contribution is -0.138. The van der Waals surface area contributed by atoms with Gasteiger partial charge in [-0.3, -0.25) is 14.7 Å². The molecule has 34 heavy (non-hydrogen) atoms. The molecule has 3 aromatic rings. The number of carbonyl (C=O) groups is 1. The summed E-state index contributed by atoms with van der Waals surface area (Å²) in [6.45, 7) is 0.389. The van der Waals surface area contributed by atoms with E-state index in [-0.39, 0.29) is 17.2 Å². The highest BCUT2D eigenvalue weighted by molar-refractivity contribution is 7.81. The molecule has 2 aromatic heterocycles. The third kappa shape index (κ3) is 4.82. The van der Waals surface area contributed by atoms with Gasteiger partial charge in [0, 0.05) is 24.8 Å². The van der Waals surface area contributed by atoms with Gasteiger partial charge in [-0.1, -0.05) is 0 Å². The molecule has 0 radical (unpaired) electrons. The number of nitriles is 1. The van der Waals surface area contributed by atoms with Gasteiger partial charge in [0.25, 0.3) is 0 Å². The number of amides is 1. The normalized spacial score (nSPS) is 14.5. The van der Waals surface area contributed by atoms with Gasteiger partial charge in [0.05, 0.1) is 23.6 Å². The Morgan fingerprint density at radius 1 is 1.09 bits per heavy atom. The van der Waals surface area contributed by atoms with E-state index in [0.717, 1.165) is 17.2 Å². The highest BCUT2D eigenvalue weighted by Gasteiger charge is 2.37. The van der Waals surface area contributed by atoms with Gasteiger partial charge in [0.2, 0.25) is 5.91 Å². The molecule has 11 heteroatoms. The fourth-order valence-electron chi connectivity index (χ4n) is 3.44. The molecule has 0 unspecified atom stereocenters. The predicted octanol–water partition coefficient (Wildman–Crippen LogP) is 5.08. The Morgan fingerprint density at radius 2 is 1.85 bits per heavy atom. The first-order valence-corrected chi connectivity index (χ1v) is 10.5. The summed E-state index contributed by atoms with van der Waals surface area (Å²) in [7, 11) is 0. The van der Waals surface area contributed by atoms with Crippen LogP contribution < -0.4 is 14.5 Å². The van der Waals surface area contributed by atoms with Crippen LogP contribution in [0.2, 0.25) is 0 Å². The van der Waals surface area contributed by atoms with Crippen molar-refractivity contribution in [3.8, 4) is 17.6 Å². The monoisotopic (exact) mass is 483 g/mol. The number of carbonyl (C=O) groups excluding carboxylic acids is 1. The number of ether oxygens (including phenoxy) is 1. The number of thiocarbonyl (C=S) groups is 1. The summed E-state index contributed by atoms with van der Waals surface area (Å²) >= 11 is 5.53. The standard InChI is InChI=1S/C23H16F3N5O2S/c24-23(25,26)19-11-16(13-29-20(19)12-27)31-21(32)4-2-10-30(22(31)34)15-5-7-17(8-6-15)33-18-3-1-9-28-14-18/h1,3,5-9,11,13-14H,2,4,10H2. The molecule has 4 rings (SSSR count). The van der Waals surface area contributed by atoms with Crippen LogP contribution in [0.4, 0.5) is 24.5 Å². The molecule has 0 N–H and O–H groups in total. The number of halogens is 3. The summed E-state index contributed by atoms with van der Waals surface area (Å²) in [4.78, 5) is 23.1. The van der Waals surface area contributed by atoms with Gasteiger partial charge in [0.15, 0.2) is 10.8 Å². The number of pyridine rings is 2. The molecule has 1 saturated heterocycles. The quantitative estimate of drug-likeness (QED) is 0.479. The van der Waals surface area contributed by atoms with Crippen molar-refractivity contribution in [2.24, 2.45) is 0 Å². The molecule has 0 aliphatic carbocycles. The molecule has 0 saturated carbocycles. The number of nitrogens with zero attached hydrogens (tertiary/aromatic N) is 5. The SMILES string of the molecule is N#Cc1ncc(N2C(=O)CCCN(c3ccc(Oc4cccnc4)cc3)C2=S)cc1C(F)(F)F. The lowest BCUT2D eigenvalue weighted by atomic mass is 10.1. The van der Waals surface area contributed by atoms with Crippen molar-refractivity contribution in [1.29, 1.82) is 5.26 Å². The van der Waals surface area contributed by atoms with E-state index in [0.29, 0.717) is 30.2 Å². The van der Waals surface area contributed by atoms with E-state index in [2.05, 4.69) is 9.97 Å². The number of aromatic nitrogens is 2. The fraction of sp³-hybridized carbons (Fsp3) is 0.174. The maximum absolute atomic E-state index is 13.4. The smallest absolute Gasteiger partial charge is 0.419 e. The van der Waals surface area contributed by atoms with Crippen molar-refractivity contribution >= 4 is 34.6 Å². The lowest BCUT2D eigenvalue weighted by Crippen LogP contribution is -2.44. The Morgan fingerprint density at radius 3 is 2.50 bits per heavy atom. The topological polar surface area (TPSA) is 82.4 Å². The molecule has 0 atom stereocenters. The van der Waals surface area contributed by atoms with Crippen molar-refractivity contribution in [1.82, 2.24) is 9.97 Å². The fourth-order valence-corrected chi connectivity index (χ4v) is 3.84. The second-order valence-electron chi connectivity index (χ2n) is 7.25. The van der Waals surface area contributed by atoms with Crippen LogP contribution >= 0.6 is 12.2 Å². The minimum atomic E-state index is -4.81. The number of hydrogen-bond acceptors (Lipinski definition) is 6. The van der Waals surface area contributed by atoms with Crippen molar-refractivity contribution in [3.05, 3.63) is 72.3 Å². The molecular formula is C23H16F3N5O2S. The predicted molar refractivity (Wildman–Crippen MR) is 121 cm³/mol. The number of anilines is 2. The largest absolute Gasteiger partial charge is 0.456 e. The molecule has 1 aliphatic heterocycles. The average molecular weight is 483 g/mol. The maximum atomic E-state index is 13.4. The zero-order valence-electron chi connectivity index (χ0n) is 17.5. The minimum absolute atomic E-state index is 0.0167. The van der Waals surface area contributed by atoms with E-state index in [1.165, 1.54) is 6.07 Å². The van der Waals surface area contributed by atoms with Crippen LogP contribution in [0.3, 0.4) is 0 Å². The molecule has 1 fully saturated rings. The van der Waals surface area contributed by atoms with Crippen molar-refractivity contribution in [2.75, 3.05) is 16.3 Å². The highest BCUT2D eigenvalue weighted by Crippen LogP contribution is 2.35. The van der Waals surface area contributed by atoms with Crippen LogP contribution in [0.15, 0.2) is 61.1 Å². The van der Waals surface area contributed by atoms with E-state index in [1.807, 2.05) is 0 Å².